The van der Waals surface area contributed by atoms with Crippen LogP contribution in [0.4, 0.5) is 14.5 Å². The van der Waals surface area contributed by atoms with Crippen molar-refractivity contribution >= 4 is 34.6 Å². The maximum absolute atomic E-state index is 14.0. The highest BCUT2D eigenvalue weighted by Crippen LogP contribution is 2.36. The van der Waals surface area contributed by atoms with E-state index >= 15 is 0 Å². The molecule has 0 saturated carbocycles. The van der Waals surface area contributed by atoms with Crippen LogP contribution in [0.2, 0.25) is 0 Å². The van der Waals surface area contributed by atoms with Crippen LogP contribution in [0, 0.1) is 17.6 Å². The summed E-state index contributed by atoms with van der Waals surface area (Å²) in [5.74, 6) is -1.52. The number of amidine groups is 1. The predicted octanol–water partition coefficient (Wildman–Crippen LogP) is 4.93. The molecule has 140 valence electrons. The second kappa shape index (κ2) is 7.92. The number of rotatable bonds is 4. The van der Waals surface area contributed by atoms with Crippen molar-refractivity contribution < 1.29 is 18.7 Å². The fourth-order valence-corrected chi connectivity index (χ4v) is 3.54. The zero-order valence-corrected chi connectivity index (χ0v) is 15.6. The Hall–Kier alpha value is -2.67. The first-order chi connectivity index (χ1) is 12.8. The lowest BCUT2D eigenvalue weighted by Gasteiger charge is -2.17. The maximum atomic E-state index is 14.0. The SMILES string of the molecule is CC(C)CN1C(=O)/C(=C\c2ccccc2O)SC1=Nc1ccc(F)cc1F. The molecule has 1 aliphatic heterocycles. The van der Waals surface area contributed by atoms with Gasteiger partial charge in [-0.1, -0.05) is 32.0 Å². The van der Waals surface area contributed by atoms with Gasteiger partial charge in [-0.15, -0.1) is 0 Å². The molecule has 0 aromatic heterocycles. The number of para-hydroxylation sites is 1. The highest BCUT2D eigenvalue weighted by Gasteiger charge is 2.34. The van der Waals surface area contributed by atoms with E-state index in [9.17, 15) is 18.7 Å². The number of amides is 1. The number of phenols is 1. The lowest BCUT2D eigenvalue weighted by molar-refractivity contribution is -0.122. The minimum atomic E-state index is -0.793. The van der Waals surface area contributed by atoms with Gasteiger partial charge in [-0.05, 0) is 42.0 Å². The zero-order valence-electron chi connectivity index (χ0n) is 14.8. The van der Waals surface area contributed by atoms with Crippen LogP contribution in [-0.2, 0) is 4.79 Å². The summed E-state index contributed by atoms with van der Waals surface area (Å²) < 4.78 is 27.1. The number of aliphatic imine (C=N–C) groups is 1. The molecular formula is C20H18F2N2O2S. The van der Waals surface area contributed by atoms with E-state index in [2.05, 4.69) is 4.99 Å². The average molecular weight is 388 g/mol. The fraction of sp³-hybridized carbons (Fsp3) is 0.200. The summed E-state index contributed by atoms with van der Waals surface area (Å²) in [6.45, 7) is 4.32. The van der Waals surface area contributed by atoms with Gasteiger partial charge < -0.3 is 5.11 Å². The number of hydrogen-bond donors (Lipinski definition) is 1. The molecule has 2 aromatic carbocycles. The van der Waals surface area contributed by atoms with Gasteiger partial charge in [-0.2, -0.15) is 0 Å². The van der Waals surface area contributed by atoms with Crippen molar-refractivity contribution in [3.63, 3.8) is 0 Å². The Labute approximate surface area is 160 Å². The van der Waals surface area contributed by atoms with Gasteiger partial charge in [0.15, 0.2) is 11.0 Å². The van der Waals surface area contributed by atoms with Gasteiger partial charge in [-0.25, -0.2) is 13.8 Å². The quantitative estimate of drug-likeness (QED) is 0.756. The number of aromatic hydroxyl groups is 1. The Kier molecular flexibility index (Phi) is 5.60. The van der Waals surface area contributed by atoms with Gasteiger partial charge in [0.05, 0.1) is 4.91 Å². The molecule has 7 heteroatoms. The van der Waals surface area contributed by atoms with Gasteiger partial charge >= 0.3 is 0 Å². The van der Waals surface area contributed by atoms with Gasteiger partial charge in [0.1, 0.15) is 17.3 Å². The first kappa shape index (κ1) is 19.1. The standard InChI is InChI=1S/C20H18F2N2O2S/c1-12(2)11-24-19(26)18(9-13-5-3-4-6-17(13)25)27-20(24)23-16-8-7-14(21)10-15(16)22/h3-10,12,25H,11H2,1-2H3/b18-9+,23-20?. The molecule has 1 heterocycles. The third kappa shape index (κ3) is 4.36. The summed E-state index contributed by atoms with van der Waals surface area (Å²) in [6.07, 6.45) is 1.58. The fourth-order valence-electron chi connectivity index (χ4n) is 2.54. The Morgan fingerprint density at radius 3 is 2.63 bits per heavy atom. The normalized spacial score (nSPS) is 17.5. The molecule has 1 saturated heterocycles. The summed E-state index contributed by atoms with van der Waals surface area (Å²) in [7, 11) is 0. The van der Waals surface area contributed by atoms with E-state index in [4.69, 9.17) is 0 Å². The van der Waals surface area contributed by atoms with Crippen LogP contribution in [0.5, 0.6) is 5.75 Å². The first-order valence-corrected chi connectivity index (χ1v) is 9.20. The second-order valence-corrected chi connectivity index (χ2v) is 7.48. The Morgan fingerprint density at radius 1 is 1.22 bits per heavy atom. The number of hydrogen-bond acceptors (Lipinski definition) is 4. The molecule has 0 unspecified atom stereocenters. The van der Waals surface area contributed by atoms with Crippen molar-refractivity contribution in [3.05, 3.63) is 64.6 Å². The monoisotopic (exact) mass is 388 g/mol. The average Bonchev–Trinajstić information content (AvgIpc) is 2.88. The number of carbonyl (C=O) groups is 1. The topological polar surface area (TPSA) is 52.9 Å². The largest absolute Gasteiger partial charge is 0.507 e. The molecule has 3 rings (SSSR count). The molecule has 1 amide bonds. The van der Waals surface area contributed by atoms with Crippen molar-refractivity contribution in [1.29, 1.82) is 0 Å². The lowest BCUT2D eigenvalue weighted by Crippen LogP contribution is -2.32. The molecule has 0 bridgehead atoms. The minimum absolute atomic E-state index is 0.0377. The molecule has 1 fully saturated rings. The number of benzene rings is 2. The number of carbonyl (C=O) groups excluding carboxylic acids is 1. The first-order valence-electron chi connectivity index (χ1n) is 8.38. The minimum Gasteiger partial charge on any atom is -0.507 e. The molecule has 0 aliphatic carbocycles. The van der Waals surface area contributed by atoms with E-state index in [1.165, 1.54) is 17.0 Å². The number of halogens is 2. The third-order valence-corrected chi connectivity index (χ3v) is 4.79. The summed E-state index contributed by atoms with van der Waals surface area (Å²) in [5, 5.41) is 10.3. The molecule has 2 aromatic rings. The Balaban J connectivity index is 2.00. The zero-order chi connectivity index (χ0) is 19.6. The number of thioether (sulfide) groups is 1. The lowest BCUT2D eigenvalue weighted by atomic mass is 10.1. The molecule has 1 aliphatic rings. The van der Waals surface area contributed by atoms with E-state index < -0.39 is 11.6 Å². The summed E-state index contributed by atoms with van der Waals surface area (Å²) in [4.78, 5) is 18.9. The summed E-state index contributed by atoms with van der Waals surface area (Å²) >= 11 is 1.10. The van der Waals surface area contributed by atoms with Crippen molar-refractivity contribution in [1.82, 2.24) is 4.90 Å². The molecule has 1 N–H and O–H groups in total. The van der Waals surface area contributed by atoms with Crippen LogP contribution < -0.4 is 0 Å². The van der Waals surface area contributed by atoms with E-state index in [0.29, 0.717) is 22.2 Å². The van der Waals surface area contributed by atoms with Crippen molar-refractivity contribution in [3.8, 4) is 5.75 Å². The third-order valence-electron chi connectivity index (χ3n) is 3.78. The van der Waals surface area contributed by atoms with Crippen LogP contribution in [-0.4, -0.2) is 27.6 Å². The molecule has 27 heavy (non-hydrogen) atoms. The van der Waals surface area contributed by atoms with Crippen molar-refractivity contribution in [2.24, 2.45) is 10.9 Å². The van der Waals surface area contributed by atoms with Gasteiger partial charge in [-0.3, -0.25) is 9.69 Å². The van der Waals surface area contributed by atoms with E-state index in [1.807, 2.05) is 13.8 Å². The van der Waals surface area contributed by atoms with Crippen LogP contribution in [0.15, 0.2) is 52.4 Å². The van der Waals surface area contributed by atoms with Crippen LogP contribution in [0.1, 0.15) is 19.4 Å². The second-order valence-electron chi connectivity index (χ2n) is 6.47. The van der Waals surface area contributed by atoms with Gasteiger partial charge in [0, 0.05) is 18.2 Å². The predicted molar refractivity (Wildman–Crippen MR) is 104 cm³/mol. The van der Waals surface area contributed by atoms with E-state index in [0.717, 1.165) is 23.9 Å². The highest BCUT2D eigenvalue weighted by atomic mass is 32.2. The van der Waals surface area contributed by atoms with E-state index in [-0.39, 0.29) is 23.3 Å². The van der Waals surface area contributed by atoms with E-state index in [1.54, 1.807) is 24.3 Å². The van der Waals surface area contributed by atoms with Crippen LogP contribution in [0.25, 0.3) is 6.08 Å². The molecular weight excluding hydrogens is 370 g/mol. The maximum Gasteiger partial charge on any atom is 0.266 e. The number of nitrogens with zero attached hydrogens (tertiary/aromatic N) is 2. The highest BCUT2D eigenvalue weighted by molar-refractivity contribution is 8.18. The van der Waals surface area contributed by atoms with Crippen LogP contribution in [0.3, 0.4) is 0 Å². The van der Waals surface area contributed by atoms with Gasteiger partial charge in [0.25, 0.3) is 5.91 Å². The molecule has 4 nitrogen and oxygen atoms in total. The smallest absolute Gasteiger partial charge is 0.266 e. The van der Waals surface area contributed by atoms with Crippen molar-refractivity contribution in [2.75, 3.05) is 6.54 Å². The summed E-state index contributed by atoms with van der Waals surface area (Å²) in [6, 6.07) is 9.78. The molecule has 0 spiro atoms. The molecule has 0 radical (unpaired) electrons. The number of phenolic OH excluding ortho intramolecular Hbond substituents is 1. The Bertz CT molecular complexity index is 941. The van der Waals surface area contributed by atoms with Crippen molar-refractivity contribution in [2.45, 2.75) is 13.8 Å². The van der Waals surface area contributed by atoms with Gasteiger partial charge in [0.2, 0.25) is 0 Å². The Morgan fingerprint density at radius 2 is 1.96 bits per heavy atom. The summed E-state index contributed by atoms with van der Waals surface area (Å²) in [5.41, 5.74) is 0.469. The molecule has 0 atom stereocenters. The van der Waals surface area contributed by atoms with Crippen LogP contribution >= 0.6 is 11.8 Å².